The molecule has 1 aliphatic carbocycles. The van der Waals surface area contributed by atoms with E-state index in [1.807, 2.05) is 0 Å². The molecule has 1 aromatic heterocycles. The standard InChI is InChI=1S/C15H17ClF2N2O2/c16-11-5-3-4-10(19-11)12(21)20-9-8-15(17,18)13(22)14(20)6-1-2-7-14/h3-5,13,22H,1-2,6-9H2. The van der Waals surface area contributed by atoms with Crippen molar-refractivity contribution in [1.29, 1.82) is 0 Å². The number of nitrogens with zero attached hydrogens (tertiary/aromatic N) is 2. The van der Waals surface area contributed by atoms with Crippen LogP contribution in [0.4, 0.5) is 8.78 Å². The summed E-state index contributed by atoms with van der Waals surface area (Å²) in [5, 5.41) is 10.4. The van der Waals surface area contributed by atoms with E-state index in [2.05, 4.69) is 4.98 Å². The Labute approximate surface area is 132 Å². The fourth-order valence-corrected chi connectivity index (χ4v) is 3.82. The van der Waals surface area contributed by atoms with E-state index in [0.717, 1.165) is 12.8 Å². The minimum absolute atomic E-state index is 0.0862. The maximum atomic E-state index is 14.0. The first-order valence-electron chi connectivity index (χ1n) is 7.37. The summed E-state index contributed by atoms with van der Waals surface area (Å²) in [5.74, 6) is -3.61. The molecule has 1 N–H and O–H groups in total. The zero-order valence-corrected chi connectivity index (χ0v) is 12.7. The number of halogens is 3. The van der Waals surface area contributed by atoms with Crippen molar-refractivity contribution >= 4 is 17.5 Å². The summed E-state index contributed by atoms with van der Waals surface area (Å²) in [7, 11) is 0. The highest BCUT2D eigenvalue weighted by molar-refractivity contribution is 6.29. The highest BCUT2D eigenvalue weighted by atomic mass is 35.5. The van der Waals surface area contributed by atoms with Crippen LogP contribution in [0.2, 0.25) is 5.15 Å². The largest absolute Gasteiger partial charge is 0.384 e. The first-order chi connectivity index (χ1) is 10.4. The van der Waals surface area contributed by atoms with E-state index in [1.165, 1.54) is 11.0 Å². The molecule has 120 valence electrons. The van der Waals surface area contributed by atoms with Crippen LogP contribution in [0.1, 0.15) is 42.6 Å². The van der Waals surface area contributed by atoms with Crippen molar-refractivity contribution in [1.82, 2.24) is 9.88 Å². The molecular formula is C15H17ClF2N2O2. The number of carbonyl (C=O) groups is 1. The second-order valence-corrected chi connectivity index (χ2v) is 6.41. The minimum Gasteiger partial charge on any atom is -0.384 e. The highest BCUT2D eigenvalue weighted by Crippen LogP contribution is 2.47. The molecule has 1 amide bonds. The van der Waals surface area contributed by atoms with E-state index in [1.54, 1.807) is 12.1 Å². The summed E-state index contributed by atoms with van der Waals surface area (Å²) in [6.07, 6.45) is -0.159. The molecule has 2 heterocycles. The Hall–Kier alpha value is -1.27. The van der Waals surface area contributed by atoms with E-state index < -0.39 is 29.9 Å². The number of pyridine rings is 1. The zero-order chi connectivity index (χ0) is 16.0. The number of carbonyl (C=O) groups excluding carboxylic acids is 1. The molecule has 1 aromatic rings. The molecule has 1 saturated heterocycles. The number of hydrogen-bond donors (Lipinski definition) is 1. The number of likely N-dealkylation sites (tertiary alicyclic amines) is 1. The SMILES string of the molecule is O=C(c1cccc(Cl)n1)N1CCC(F)(F)C(O)C12CCCC2. The first kappa shape index (κ1) is 15.6. The van der Waals surface area contributed by atoms with Gasteiger partial charge in [-0.1, -0.05) is 30.5 Å². The predicted octanol–water partition coefficient (Wildman–Crippen LogP) is 2.89. The molecule has 7 heteroatoms. The normalized spacial score (nSPS) is 26.4. The molecule has 0 aromatic carbocycles. The van der Waals surface area contributed by atoms with Gasteiger partial charge in [-0.05, 0) is 25.0 Å². The van der Waals surface area contributed by atoms with E-state index in [4.69, 9.17) is 11.6 Å². The van der Waals surface area contributed by atoms with Crippen molar-refractivity contribution in [3.63, 3.8) is 0 Å². The summed E-state index contributed by atoms with van der Waals surface area (Å²) < 4.78 is 27.9. The summed E-state index contributed by atoms with van der Waals surface area (Å²) in [6, 6.07) is 4.65. The van der Waals surface area contributed by atoms with Gasteiger partial charge in [0.2, 0.25) is 0 Å². The second kappa shape index (κ2) is 5.42. The molecule has 2 aliphatic rings. The van der Waals surface area contributed by atoms with Gasteiger partial charge in [0.05, 0.1) is 5.54 Å². The van der Waals surface area contributed by atoms with Gasteiger partial charge >= 0.3 is 0 Å². The molecule has 1 unspecified atom stereocenters. The number of alkyl halides is 2. The maximum absolute atomic E-state index is 14.0. The lowest BCUT2D eigenvalue weighted by molar-refractivity contribution is -0.195. The molecule has 2 fully saturated rings. The van der Waals surface area contributed by atoms with Crippen LogP contribution >= 0.6 is 11.6 Å². The second-order valence-electron chi connectivity index (χ2n) is 6.03. The highest BCUT2D eigenvalue weighted by Gasteiger charge is 2.60. The minimum atomic E-state index is -3.16. The van der Waals surface area contributed by atoms with E-state index >= 15 is 0 Å². The lowest BCUT2D eigenvalue weighted by Crippen LogP contribution is -2.67. The van der Waals surface area contributed by atoms with Gasteiger partial charge in [-0.25, -0.2) is 13.8 Å². The van der Waals surface area contributed by atoms with Gasteiger partial charge in [0.1, 0.15) is 17.0 Å². The number of aromatic nitrogens is 1. The lowest BCUT2D eigenvalue weighted by atomic mass is 9.79. The maximum Gasteiger partial charge on any atom is 0.277 e. The first-order valence-corrected chi connectivity index (χ1v) is 7.75. The van der Waals surface area contributed by atoms with Crippen LogP contribution in [0.5, 0.6) is 0 Å². The van der Waals surface area contributed by atoms with Gasteiger partial charge in [0, 0.05) is 13.0 Å². The van der Waals surface area contributed by atoms with Crippen LogP contribution in [-0.4, -0.2) is 45.0 Å². The Morgan fingerprint density at radius 1 is 1.32 bits per heavy atom. The molecule has 0 bridgehead atoms. The average Bonchev–Trinajstić information content (AvgIpc) is 2.95. The molecule has 0 radical (unpaired) electrons. The van der Waals surface area contributed by atoms with E-state index in [0.29, 0.717) is 12.8 Å². The molecule has 1 spiro atoms. The summed E-state index contributed by atoms with van der Waals surface area (Å²) in [4.78, 5) is 18.1. The molecule has 22 heavy (non-hydrogen) atoms. The van der Waals surface area contributed by atoms with Crippen molar-refractivity contribution < 1.29 is 18.7 Å². The Morgan fingerprint density at radius 3 is 2.64 bits per heavy atom. The lowest BCUT2D eigenvalue weighted by Gasteiger charge is -2.50. The van der Waals surface area contributed by atoms with Gasteiger partial charge in [0.15, 0.2) is 0 Å². The quantitative estimate of drug-likeness (QED) is 0.806. The summed E-state index contributed by atoms with van der Waals surface area (Å²) in [5.41, 5.74) is -1.07. The van der Waals surface area contributed by atoms with Crippen LogP contribution in [-0.2, 0) is 0 Å². The Balaban J connectivity index is 1.97. The average molecular weight is 331 g/mol. The van der Waals surface area contributed by atoms with Crippen LogP contribution in [0.25, 0.3) is 0 Å². The van der Waals surface area contributed by atoms with Crippen LogP contribution < -0.4 is 0 Å². The summed E-state index contributed by atoms with van der Waals surface area (Å²) >= 11 is 5.80. The number of amides is 1. The van der Waals surface area contributed by atoms with Crippen LogP contribution in [0.3, 0.4) is 0 Å². The number of piperidine rings is 1. The van der Waals surface area contributed by atoms with Gasteiger partial charge in [-0.15, -0.1) is 0 Å². The molecule has 4 nitrogen and oxygen atoms in total. The monoisotopic (exact) mass is 330 g/mol. The van der Waals surface area contributed by atoms with E-state index in [-0.39, 0.29) is 17.4 Å². The Kier molecular flexibility index (Phi) is 3.85. The van der Waals surface area contributed by atoms with Gasteiger partial charge < -0.3 is 10.0 Å². The number of rotatable bonds is 1. The topological polar surface area (TPSA) is 53.4 Å². The van der Waals surface area contributed by atoms with Gasteiger partial charge in [-0.2, -0.15) is 0 Å². The molecule has 1 saturated carbocycles. The molecule has 1 atom stereocenters. The number of hydrogen-bond acceptors (Lipinski definition) is 3. The zero-order valence-electron chi connectivity index (χ0n) is 11.9. The third-order valence-corrected chi connectivity index (χ3v) is 4.97. The van der Waals surface area contributed by atoms with Crippen molar-refractivity contribution in [3.05, 3.63) is 29.0 Å². The predicted molar refractivity (Wildman–Crippen MR) is 77.1 cm³/mol. The molecule has 3 rings (SSSR count). The van der Waals surface area contributed by atoms with Gasteiger partial charge in [0.25, 0.3) is 11.8 Å². The van der Waals surface area contributed by atoms with Crippen molar-refractivity contribution in [2.24, 2.45) is 0 Å². The fraction of sp³-hybridized carbons (Fsp3) is 0.600. The number of aliphatic hydroxyl groups is 1. The van der Waals surface area contributed by atoms with Crippen molar-refractivity contribution in [2.75, 3.05) is 6.54 Å². The third-order valence-electron chi connectivity index (χ3n) is 4.76. The van der Waals surface area contributed by atoms with Crippen molar-refractivity contribution in [3.8, 4) is 0 Å². The Morgan fingerprint density at radius 2 is 2.00 bits per heavy atom. The Bertz CT molecular complexity index is 591. The smallest absolute Gasteiger partial charge is 0.277 e. The van der Waals surface area contributed by atoms with Crippen molar-refractivity contribution in [2.45, 2.75) is 49.7 Å². The van der Waals surface area contributed by atoms with Crippen LogP contribution in [0, 0.1) is 0 Å². The van der Waals surface area contributed by atoms with E-state index in [9.17, 15) is 18.7 Å². The fourth-order valence-electron chi connectivity index (χ4n) is 3.66. The third kappa shape index (κ3) is 2.38. The summed E-state index contributed by atoms with van der Waals surface area (Å²) in [6.45, 7) is -0.0862. The van der Waals surface area contributed by atoms with Crippen LogP contribution in [0.15, 0.2) is 18.2 Å². The van der Waals surface area contributed by atoms with Gasteiger partial charge in [-0.3, -0.25) is 4.79 Å². The number of aliphatic hydroxyl groups excluding tert-OH is 1. The molecular weight excluding hydrogens is 314 g/mol. The molecule has 1 aliphatic heterocycles.